The van der Waals surface area contributed by atoms with Crippen LogP contribution in [0.15, 0.2) is 12.3 Å². The van der Waals surface area contributed by atoms with Crippen molar-refractivity contribution in [2.75, 3.05) is 5.32 Å². The van der Waals surface area contributed by atoms with E-state index >= 15 is 0 Å². The average molecular weight is 195 g/mol. The van der Waals surface area contributed by atoms with E-state index in [1.54, 1.807) is 26.1 Å². The largest absolute Gasteiger partial charge is 0.480 e. The molecule has 1 aromatic heterocycles. The second-order valence-electron chi connectivity index (χ2n) is 3.58. The van der Waals surface area contributed by atoms with Crippen molar-refractivity contribution in [3.05, 3.63) is 18.0 Å². The van der Waals surface area contributed by atoms with Gasteiger partial charge in [0.2, 0.25) is 5.95 Å². The molecule has 0 saturated heterocycles. The maximum atomic E-state index is 10.8. The Kier molecular flexibility index (Phi) is 2.69. The van der Waals surface area contributed by atoms with Crippen LogP contribution in [0.25, 0.3) is 0 Å². The number of rotatable bonds is 3. The van der Waals surface area contributed by atoms with Crippen molar-refractivity contribution in [2.45, 2.75) is 26.3 Å². The van der Waals surface area contributed by atoms with Crippen molar-refractivity contribution >= 4 is 11.9 Å². The summed E-state index contributed by atoms with van der Waals surface area (Å²) in [6, 6.07) is 1.75. The molecule has 2 N–H and O–H groups in total. The standard InChI is InChI=1S/C9H13N3O2/c1-6-4-5-10-8(11-6)12-9(2,3)7(13)14/h4-5H,1-3H3,(H,13,14)(H,10,11,12). The molecule has 14 heavy (non-hydrogen) atoms. The van der Waals surface area contributed by atoms with Crippen molar-refractivity contribution < 1.29 is 9.90 Å². The third kappa shape index (κ3) is 2.42. The molecule has 0 aliphatic heterocycles. The van der Waals surface area contributed by atoms with Gasteiger partial charge in [-0.3, -0.25) is 0 Å². The van der Waals surface area contributed by atoms with Gasteiger partial charge >= 0.3 is 5.97 Å². The van der Waals surface area contributed by atoms with Crippen LogP contribution >= 0.6 is 0 Å². The highest BCUT2D eigenvalue weighted by Gasteiger charge is 2.27. The fourth-order valence-electron chi connectivity index (χ4n) is 0.842. The molecule has 0 radical (unpaired) electrons. The summed E-state index contributed by atoms with van der Waals surface area (Å²) in [7, 11) is 0. The summed E-state index contributed by atoms with van der Waals surface area (Å²) in [5.74, 6) is -0.611. The van der Waals surface area contributed by atoms with Gasteiger partial charge in [0, 0.05) is 11.9 Å². The van der Waals surface area contributed by atoms with Gasteiger partial charge in [-0.15, -0.1) is 0 Å². The number of carboxylic acids is 1. The van der Waals surface area contributed by atoms with E-state index in [1.165, 1.54) is 0 Å². The van der Waals surface area contributed by atoms with Crippen molar-refractivity contribution in [3.8, 4) is 0 Å². The molecule has 0 bridgehead atoms. The minimum absolute atomic E-state index is 0.331. The van der Waals surface area contributed by atoms with Gasteiger partial charge in [-0.2, -0.15) is 0 Å². The molecule has 76 valence electrons. The summed E-state index contributed by atoms with van der Waals surface area (Å²) >= 11 is 0. The number of carbonyl (C=O) groups is 1. The Bertz CT molecular complexity index is 350. The van der Waals surface area contributed by atoms with Crippen LogP contribution in [-0.4, -0.2) is 26.6 Å². The molecular weight excluding hydrogens is 182 g/mol. The zero-order chi connectivity index (χ0) is 10.8. The van der Waals surface area contributed by atoms with E-state index in [-0.39, 0.29) is 0 Å². The number of aromatic nitrogens is 2. The summed E-state index contributed by atoms with van der Waals surface area (Å²) in [4.78, 5) is 18.8. The number of nitrogens with zero attached hydrogens (tertiary/aromatic N) is 2. The Morgan fingerprint density at radius 2 is 2.21 bits per heavy atom. The van der Waals surface area contributed by atoms with Crippen LogP contribution in [0.1, 0.15) is 19.5 Å². The molecule has 0 aliphatic rings. The number of hydrogen-bond donors (Lipinski definition) is 2. The Morgan fingerprint density at radius 3 is 2.71 bits per heavy atom. The lowest BCUT2D eigenvalue weighted by molar-refractivity contribution is -0.141. The second kappa shape index (κ2) is 3.61. The SMILES string of the molecule is Cc1ccnc(NC(C)(C)C(=O)O)n1. The lowest BCUT2D eigenvalue weighted by Gasteiger charge is -2.20. The molecule has 1 aromatic rings. The van der Waals surface area contributed by atoms with E-state index in [0.29, 0.717) is 5.95 Å². The highest BCUT2D eigenvalue weighted by molar-refractivity contribution is 5.80. The number of anilines is 1. The number of aliphatic carboxylic acids is 1. The topological polar surface area (TPSA) is 75.1 Å². The summed E-state index contributed by atoms with van der Waals surface area (Å²) in [6.07, 6.45) is 1.59. The lowest BCUT2D eigenvalue weighted by Crippen LogP contribution is -2.40. The van der Waals surface area contributed by atoms with E-state index in [4.69, 9.17) is 5.11 Å². The van der Waals surface area contributed by atoms with Crippen LogP contribution in [0.4, 0.5) is 5.95 Å². The van der Waals surface area contributed by atoms with Crippen molar-refractivity contribution in [1.29, 1.82) is 0 Å². The minimum Gasteiger partial charge on any atom is -0.480 e. The molecule has 5 heteroatoms. The predicted molar refractivity (Wildman–Crippen MR) is 52.1 cm³/mol. The van der Waals surface area contributed by atoms with Crippen LogP contribution in [0.5, 0.6) is 0 Å². The van der Waals surface area contributed by atoms with Crippen LogP contribution < -0.4 is 5.32 Å². The third-order valence-electron chi connectivity index (χ3n) is 1.75. The number of carboxylic acid groups (broad SMARTS) is 1. The van der Waals surface area contributed by atoms with Crippen molar-refractivity contribution in [2.24, 2.45) is 0 Å². The highest BCUT2D eigenvalue weighted by Crippen LogP contribution is 2.10. The van der Waals surface area contributed by atoms with Gasteiger partial charge in [0.05, 0.1) is 0 Å². The van der Waals surface area contributed by atoms with Gasteiger partial charge in [0.25, 0.3) is 0 Å². The molecule has 0 fully saturated rings. The molecule has 0 aromatic carbocycles. The van der Waals surface area contributed by atoms with Crippen LogP contribution in [0, 0.1) is 6.92 Å². The lowest BCUT2D eigenvalue weighted by atomic mass is 10.1. The Labute approximate surface area is 82.2 Å². The second-order valence-corrected chi connectivity index (χ2v) is 3.58. The zero-order valence-corrected chi connectivity index (χ0v) is 8.40. The molecule has 1 heterocycles. The molecule has 0 amide bonds. The van der Waals surface area contributed by atoms with Crippen LogP contribution in [-0.2, 0) is 4.79 Å². The Morgan fingerprint density at radius 1 is 1.57 bits per heavy atom. The fourth-order valence-corrected chi connectivity index (χ4v) is 0.842. The van der Waals surface area contributed by atoms with E-state index < -0.39 is 11.5 Å². The molecule has 5 nitrogen and oxygen atoms in total. The number of nitrogens with one attached hydrogen (secondary N) is 1. The molecule has 0 aliphatic carbocycles. The maximum absolute atomic E-state index is 10.8. The highest BCUT2D eigenvalue weighted by atomic mass is 16.4. The smallest absolute Gasteiger partial charge is 0.328 e. The van der Waals surface area contributed by atoms with Crippen LogP contribution in [0.3, 0.4) is 0 Å². The average Bonchev–Trinajstić information content (AvgIpc) is 2.02. The zero-order valence-electron chi connectivity index (χ0n) is 8.40. The minimum atomic E-state index is -1.06. The first-order valence-corrected chi connectivity index (χ1v) is 4.23. The fraction of sp³-hybridized carbons (Fsp3) is 0.444. The van der Waals surface area contributed by atoms with Gasteiger partial charge in [-0.05, 0) is 26.8 Å². The first kappa shape index (κ1) is 10.4. The third-order valence-corrected chi connectivity index (χ3v) is 1.75. The van der Waals surface area contributed by atoms with E-state index in [1.807, 2.05) is 6.92 Å². The van der Waals surface area contributed by atoms with Gasteiger partial charge in [0.1, 0.15) is 5.54 Å². The van der Waals surface area contributed by atoms with Crippen molar-refractivity contribution in [3.63, 3.8) is 0 Å². The normalized spacial score (nSPS) is 11.1. The summed E-state index contributed by atoms with van der Waals surface area (Å²) in [6.45, 7) is 4.93. The Balaban J connectivity index is 2.83. The van der Waals surface area contributed by atoms with Gasteiger partial charge < -0.3 is 10.4 Å². The molecule has 1 rings (SSSR count). The number of aryl methyl sites for hydroxylation is 1. The molecule has 0 unspecified atom stereocenters. The summed E-state index contributed by atoms with van der Waals surface area (Å²) < 4.78 is 0. The number of hydrogen-bond acceptors (Lipinski definition) is 4. The predicted octanol–water partition coefficient (Wildman–Crippen LogP) is 1.06. The molecular formula is C9H13N3O2. The molecule has 0 atom stereocenters. The maximum Gasteiger partial charge on any atom is 0.328 e. The quantitative estimate of drug-likeness (QED) is 0.754. The first-order chi connectivity index (χ1) is 6.42. The first-order valence-electron chi connectivity index (χ1n) is 4.23. The van der Waals surface area contributed by atoms with Crippen molar-refractivity contribution in [1.82, 2.24) is 9.97 Å². The monoisotopic (exact) mass is 195 g/mol. The summed E-state index contributed by atoms with van der Waals surface area (Å²) in [5, 5.41) is 11.6. The van der Waals surface area contributed by atoms with Gasteiger partial charge in [-0.25, -0.2) is 14.8 Å². The van der Waals surface area contributed by atoms with Gasteiger partial charge in [-0.1, -0.05) is 0 Å². The van der Waals surface area contributed by atoms with E-state index in [0.717, 1.165) is 5.69 Å². The van der Waals surface area contributed by atoms with E-state index in [9.17, 15) is 4.79 Å². The summed E-state index contributed by atoms with van der Waals surface area (Å²) in [5.41, 5.74) is -0.267. The van der Waals surface area contributed by atoms with Crippen LogP contribution in [0.2, 0.25) is 0 Å². The Hall–Kier alpha value is -1.65. The van der Waals surface area contributed by atoms with E-state index in [2.05, 4.69) is 15.3 Å². The molecule has 0 saturated carbocycles. The molecule has 0 spiro atoms. The van der Waals surface area contributed by atoms with Gasteiger partial charge in [0.15, 0.2) is 0 Å².